The highest BCUT2D eigenvalue weighted by Gasteiger charge is 2.22. The maximum atomic E-state index is 12.8. The van der Waals surface area contributed by atoms with Crippen LogP contribution in [0.1, 0.15) is 52.0 Å². The molecule has 1 saturated heterocycles. The molecular formula is C21H33N7O3. The number of nitrogens with zero attached hydrogens (tertiary/aromatic N) is 3. The molecule has 10 nitrogen and oxygen atoms in total. The van der Waals surface area contributed by atoms with Gasteiger partial charge in [0.1, 0.15) is 6.04 Å². The zero-order valence-corrected chi connectivity index (χ0v) is 18.4. The number of likely N-dealkylation sites (tertiary alicyclic amines) is 1. The number of hydrogen-bond acceptors (Lipinski definition) is 8. The highest BCUT2D eigenvalue weighted by molar-refractivity contribution is 6.39. The summed E-state index contributed by atoms with van der Waals surface area (Å²) in [5.74, 6) is -0.334. The van der Waals surface area contributed by atoms with Crippen molar-refractivity contribution in [3.05, 3.63) is 22.7 Å². The van der Waals surface area contributed by atoms with E-state index in [9.17, 15) is 14.4 Å². The van der Waals surface area contributed by atoms with Crippen molar-refractivity contribution in [2.24, 2.45) is 0 Å². The lowest BCUT2D eigenvalue weighted by Gasteiger charge is -2.19. The van der Waals surface area contributed by atoms with Gasteiger partial charge in [0.05, 0.1) is 24.5 Å². The molecule has 1 aromatic rings. The minimum absolute atomic E-state index is 0.0466. The van der Waals surface area contributed by atoms with Gasteiger partial charge in [-0.3, -0.25) is 23.9 Å². The van der Waals surface area contributed by atoms with Crippen LogP contribution in [0.4, 0.5) is 5.82 Å². The summed E-state index contributed by atoms with van der Waals surface area (Å²) in [6.07, 6.45) is 6.28. The van der Waals surface area contributed by atoms with E-state index in [-0.39, 0.29) is 35.5 Å². The van der Waals surface area contributed by atoms with Crippen LogP contribution in [-0.4, -0.2) is 70.3 Å². The average Bonchev–Trinajstić information content (AvgIpc) is 3.27. The van der Waals surface area contributed by atoms with Gasteiger partial charge in [-0.05, 0) is 38.8 Å². The summed E-state index contributed by atoms with van der Waals surface area (Å²) in [6, 6.07) is -0.748. The summed E-state index contributed by atoms with van der Waals surface area (Å²) in [6.45, 7) is 6.02. The van der Waals surface area contributed by atoms with Gasteiger partial charge in [0, 0.05) is 25.4 Å². The van der Waals surface area contributed by atoms with Crippen molar-refractivity contribution in [1.82, 2.24) is 19.8 Å². The molecule has 2 rings (SSSR count). The largest absolute Gasteiger partial charge is 0.365 e. The van der Waals surface area contributed by atoms with Crippen LogP contribution in [-0.2, 0) is 9.59 Å². The lowest BCUT2D eigenvalue weighted by Crippen LogP contribution is -2.41. The topological polar surface area (TPSA) is 144 Å². The molecule has 1 aromatic heterocycles. The SMILES string of the molecule is CCC(=N)C(=N)CCNc1nccn([C@@H](CC)C(=O)NCC(=O)CN2CCCC2)c1=O. The smallest absolute Gasteiger partial charge is 0.294 e. The second-order valence-corrected chi connectivity index (χ2v) is 7.64. The molecule has 0 saturated carbocycles. The van der Waals surface area contributed by atoms with Crippen LogP contribution in [0.2, 0.25) is 0 Å². The third-order valence-electron chi connectivity index (χ3n) is 5.34. The molecule has 1 fully saturated rings. The van der Waals surface area contributed by atoms with Crippen molar-refractivity contribution in [3.8, 4) is 0 Å². The van der Waals surface area contributed by atoms with E-state index < -0.39 is 11.6 Å². The highest BCUT2D eigenvalue weighted by atomic mass is 16.2. The maximum Gasteiger partial charge on any atom is 0.294 e. The number of hydrogen-bond donors (Lipinski definition) is 4. The quantitative estimate of drug-likeness (QED) is 0.346. The number of Topliss-reactive ketones (excluding diaryl/α,β-unsaturated/α-hetero) is 1. The van der Waals surface area contributed by atoms with Gasteiger partial charge in [-0.1, -0.05) is 13.8 Å². The van der Waals surface area contributed by atoms with Crippen molar-refractivity contribution in [2.75, 3.05) is 38.0 Å². The zero-order valence-electron chi connectivity index (χ0n) is 18.4. The van der Waals surface area contributed by atoms with Gasteiger partial charge in [-0.2, -0.15) is 0 Å². The molecule has 10 heteroatoms. The van der Waals surface area contributed by atoms with E-state index in [1.54, 1.807) is 6.92 Å². The Labute approximate surface area is 182 Å². The number of carbonyl (C=O) groups is 2. The number of amides is 1. The van der Waals surface area contributed by atoms with Crippen molar-refractivity contribution >= 4 is 28.9 Å². The van der Waals surface area contributed by atoms with Gasteiger partial charge >= 0.3 is 0 Å². The van der Waals surface area contributed by atoms with Gasteiger partial charge in [-0.15, -0.1) is 0 Å². The first kappa shape index (κ1) is 24.4. The molecular weight excluding hydrogens is 398 g/mol. The lowest BCUT2D eigenvalue weighted by atomic mass is 10.1. The molecule has 31 heavy (non-hydrogen) atoms. The molecule has 4 N–H and O–H groups in total. The predicted molar refractivity (Wildman–Crippen MR) is 120 cm³/mol. The third kappa shape index (κ3) is 7.09. The molecule has 0 aromatic carbocycles. The first-order valence-electron chi connectivity index (χ1n) is 10.8. The van der Waals surface area contributed by atoms with E-state index in [2.05, 4.69) is 20.5 Å². The van der Waals surface area contributed by atoms with Crippen molar-refractivity contribution in [3.63, 3.8) is 0 Å². The van der Waals surface area contributed by atoms with Crippen molar-refractivity contribution in [1.29, 1.82) is 10.8 Å². The number of carbonyl (C=O) groups excluding carboxylic acids is 2. The summed E-state index contributed by atoms with van der Waals surface area (Å²) in [5.41, 5.74) is 0.0443. The first-order valence-corrected chi connectivity index (χ1v) is 10.8. The van der Waals surface area contributed by atoms with Crippen molar-refractivity contribution < 1.29 is 9.59 Å². The minimum Gasteiger partial charge on any atom is -0.365 e. The molecule has 0 bridgehead atoms. The van der Waals surface area contributed by atoms with Crippen LogP contribution in [0.5, 0.6) is 0 Å². The van der Waals surface area contributed by atoms with E-state index in [0.29, 0.717) is 32.4 Å². The molecule has 1 aliphatic rings. The summed E-state index contributed by atoms with van der Waals surface area (Å²) in [4.78, 5) is 43.7. The van der Waals surface area contributed by atoms with E-state index >= 15 is 0 Å². The number of nitrogens with one attached hydrogen (secondary N) is 4. The maximum absolute atomic E-state index is 12.8. The lowest BCUT2D eigenvalue weighted by molar-refractivity contribution is -0.127. The Kier molecular flexibility index (Phi) is 9.51. The number of rotatable bonds is 13. The monoisotopic (exact) mass is 431 g/mol. The van der Waals surface area contributed by atoms with E-state index in [1.807, 2.05) is 6.92 Å². The summed E-state index contributed by atoms with van der Waals surface area (Å²) in [5, 5.41) is 21.0. The Hall–Kier alpha value is -2.88. The van der Waals surface area contributed by atoms with E-state index in [1.165, 1.54) is 17.0 Å². The van der Waals surface area contributed by atoms with Gasteiger partial charge in [-0.25, -0.2) is 4.98 Å². The van der Waals surface area contributed by atoms with Gasteiger partial charge in [0.2, 0.25) is 5.91 Å². The van der Waals surface area contributed by atoms with Crippen LogP contribution in [0.25, 0.3) is 0 Å². The highest BCUT2D eigenvalue weighted by Crippen LogP contribution is 2.10. The predicted octanol–water partition coefficient (Wildman–Crippen LogP) is 1.23. The molecule has 170 valence electrons. The van der Waals surface area contributed by atoms with Gasteiger partial charge in [0.15, 0.2) is 11.6 Å². The van der Waals surface area contributed by atoms with Crippen molar-refractivity contribution in [2.45, 2.75) is 52.0 Å². The average molecular weight is 432 g/mol. The Bertz CT molecular complexity index is 859. The molecule has 0 unspecified atom stereocenters. The molecule has 0 radical (unpaired) electrons. The molecule has 1 aliphatic heterocycles. The Morgan fingerprint density at radius 3 is 2.55 bits per heavy atom. The molecule has 2 heterocycles. The zero-order chi connectivity index (χ0) is 22.8. The van der Waals surface area contributed by atoms with Gasteiger partial charge < -0.3 is 21.5 Å². The first-order chi connectivity index (χ1) is 14.9. The van der Waals surface area contributed by atoms with Crippen LogP contribution < -0.4 is 16.2 Å². The number of anilines is 1. The minimum atomic E-state index is -0.748. The standard InChI is InChI=1S/C21H33N7O3/c1-3-16(22)17(23)7-8-24-19-21(31)28(12-9-25-19)18(4-2)20(30)26-13-15(29)14-27-10-5-6-11-27/h9,12,18,22-23H,3-8,10-11,13-14H2,1-2H3,(H,24,25)(H,26,30)/t18-/m0/s1. The second-order valence-electron chi connectivity index (χ2n) is 7.64. The molecule has 0 spiro atoms. The summed E-state index contributed by atoms with van der Waals surface area (Å²) < 4.78 is 1.31. The van der Waals surface area contributed by atoms with Crippen LogP contribution in [0.15, 0.2) is 17.2 Å². The fraction of sp³-hybridized carbons (Fsp3) is 0.619. The number of ketones is 1. The Morgan fingerprint density at radius 2 is 1.90 bits per heavy atom. The third-order valence-corrected chi connectivity index (χ3v) is 5.34. The van der Waals surface area contributed by atoms with Crippen LogP contribution in [0, 0.1) is 10.8 Å². The van der Waals surface area contributed by atoms with Crippen LogP contribution >= 0.6 is 0 Å². The Balaban J connectivity index is 1.95. The van der Waals surface area contributed by atoms with E-state index in [0.717, 1.165) is 25.9 Å². The summed E-state index contributed by atoms with van der Waals surface area (Å²) in [7, 11) is 0. The molecule has 1 amide bonds. The Morgan fingerprint density at radius 1 is 1.19 bits per heavy atom. The van der Waals surface area contributed by atoms with Crippen LogP contribution in [0.3, 0.4) is 0 Å². The summed E-state index contributed by atoms with van der Waals surface area (Å²) >= 11 is 0. The molecule has 0 aliphatic carbocycles. The fourth-order valence-corrected chi connectivity index (χ4v) is 3.52. The number of aromatic nitrogens is 2. The fourth-order valence-electron chi connectivity index (χ4n) is 3.52. The molecule has 1 atom stereocenters. The normalized spacial score (nSPS) is 14.8. The van der Waals surface area contributed by atoms with Gasteiger partial charge in [0.25, 0.3) is 5.56 Å². The second kappa shape index (κ2) is 12.1. The van der Waals surface area contributed by atoms with E-state index in [4.69, 9.17) is 10.8 Å².